The average Bonchev–Trinajstić information content (AvgIpc) is 2.96. The van der Waals surface area contributed by atoms with Gasteiger partial charge in [-0.2, -0.15) is 23.4 Å². The molecule has 0 bridgehead atoms. The lowest BCUT2D eigenvalue weighted by Crippen LogP contribution is -2.37. The standard InChI is InChI=1S/C12H13F3N6O/c1-7-16-10(21(17-7)6-12(13,14)15)8-5-9-11(22)19(2)3-4-20(9)18-8/h5H,3-4,6H2,1-2H3. The van der Waals surface area contributed by atoms with Crippen LogP contribution < -0.4 is 0 Å². The Morgan fingerprint density at radius 1 is 1.27 bits per heavy atom. The second-order valence-electron chi connectivity index (χ2n) is 5.12. The first-order valence-electron chi connectivity index (χ1n) is 6.56. The van der Waals surface area contributed by atoms with E-state index in [1.54, 1.807) is 7.05 Å². The van der Waals surface area contributed by atoms with E-state index in [0.29, 0.717) is 18.8 Å². The molecule has 0 atom stereocenters. The zero-order valence-corrected chi connectivity index (χ0v) is 11.9. The molecule has 0 radical (unpaired) electrons. The van der Waals surface area contributed by atoms with E-state index in [1.165, 1.54) is 22.6 Å². The molecule has 0 N–H and O–H groups in total. The van der Waals surface area contributed by atoms with E-state index in [2.05, 4.69) is 15.2 Å². The van der Waals surface area contributed by atoms with Crippen LogP contribution in [0.2, 0.25) is 0 Å². The Kier molecular flexibility index (Phi) is 3.18. The molecule has 0 unspecified atom stereocenters. The largest absolute Gasteiger partial charge is 0.408 e. The highest BCUT2D eigenvalue weighted by Gasteiger charge is 2.32. The van der Waals surface area contributed by atoms with Crippen molar-refractivity contribution in [3.63, 3.8) is 0 Å². The predicted octanol–water partition coefficient (Wildman–Crippen LogP) is 1.10. The van der Waals surface area contributed by atoms with Gasteiger partial charge in [0.15, 0.2) is 5.82 Å². The maximum atomic E-state index is 12.6. The second-order valence-corrected chi connectivity index (χ2v) is 5.12. The van der Waals surface area contributed by atoms with Crippen molar-refractivity contribution in [1.82, 2.24) is 29.4 Å². The van der Waals surface area contributed by atoms with Crippen LogP contribution in [0, 0.1) is 6.92 Å². The fourth-order valence-corrected chi connectivity index (χ4v) is 2.34. The molecular formula is C12H13F3N6O. The molecule has 0 spiro atoms. The summed E-state index contributed by atoms with van der Waals surface area (Å²) in [5, 5.41) is 7.94. The molecule has 0 saturated carbocycles. The molecule has 22 heavy (non-hydrogen) atoms. The van der Waals surface area contributed by atoms with Crippen LogP contribution in [0.1, 0.15) is 16.3 Å². The van der Waals surface area contributed by atoms with Crippen LogP contribution in [0.5, 0.6) is 0 Å². The minimum Gasteiger partial charge on any atom is -0.339 e. The molecule has 0 saturated heterocycles. The Balaban J connectivity index is 2.02. The number of halogens is 3. The Bertz CT molecular complexity index is 732. The third kappa shape index (κ3) is 2.55. The Morgan fingerprint density at radius 3 is 2.68 bits per heavy atom. The van der Waals surface area contributed by atoms with Crippen LogP contribution in [0.15, 0.2) is 6.07 Å². The van der Waals surface area contributed by atoms with E-state index in [-0.39, 0.29) is 23.2 Å². The minimum absolute atomic E-state index is 0.00665. The summed E-state index contributed by atoms with van der Waals surface area (Å²) in [6.07, 6.45) is -4.41. The third-order valence-electron chi connectivity index (χ3n) is 3.33. The monoisotopic (exact) mass is 314 g/mol. The van der Waals surface area contributed by atoms with Crippen molar-refractivity contribution < 1.29 is 18.0 Å². The van der Waals surface area contributed by atoms with Gasteiger partial charge in [0.1, 0.15) is 23.8 Å². The van der Waals surface area contributed by atoms with Gasteiger partial charge in [-0.05, 0) is 6.92 Å². The number of hydrogen-bond acceptors (Lipinski definition) is 4. The van der Waals surface area contributed by atoms with Crippen molar-refractivity contribution >= 4 is 5.91 Å². The van der Waals surface area contributed by atoms with Gasteiger partial charge >= 0.3 is 6.18 Å². The molecule has 3 heterocycles. The molecule has 7 nitrogen and oxygen atoms in total. The molecule has 2 aromatic heterocycles. The van der Waals surface area contributed by atoms with Crippen molar-refractivity contribution in [1.29, 1.82) is 0 Å². The zero-order chi connectivity index (χ0) is 16.1. The van der Waals surface area contributed by atoms with Gasteiger partial charge in [0.25, 0.3) is 5.91 Å². The van der Waals surface area contributed by atoms with Gasteiger partial charge in [-0.1, -0.05) is 0 Å². The highest BCUT2D eigenvalue weighted by Crippen LogP contribution is 2.24. The number of aryl methyl sites for hydroxylation is 1. The van der Waals surface area contributed by atoms with Crippen LogP contribution in [0.25, 0.3) is 11.5 Å². The van der Waals surface area contributed by atoms with E-state index in [4.69, 9.17) is 0 Å². The van der Waals surface area contributed by atoms with E-state index < -0.39 is 12.7 Å². The van der Waals surface area contributed by atoms with Crippen LogP contribution in [0.3, 0.4) is 0 Å². The first-order chi connectivity index (χ1) is 10.2. The van der Waals surface area contributed by atoms with E-state index >= 15 is 0 Å². The summed E-state index contributed by atoms with van der Waals surface area (Å²) in [6.45, 7) is 1.25. The normalized spacial score (nSPS) is 15.3. The molecular weight excluding hydrogens is 301 g/mol. The van der Waals surface area contributed by atoms with Crippen molar-refractivity contribution in [3.8, 4) is 11.5 Å². The van der Waals surface area contributed by atoms with Crippen molar-refractivity contribution in [3.05, 3.63) is 17.6 Å². The number of fused-ring (bicyclic) bond motifs is 1. The number of amides is 1. The third-order valence-corrected chi connectivity index (χ3v) is 3.33. The summed E-state index contributed by atoms with van der Waals surface area (Å²) in [7, 11) is 1.66. The number of carbonyl (C=O) groups excluding carboxylic acids is 1. The Morgan fingerprint density at radius 2 is 2.00 bits per heavy atom. The molecule has 3 rings (SSSR count). The number of nitrogens with zero attached hydrogens (tertiary/aromatic N) is 6. The highest BCUT2D eigenvalue weighted by molar-refractivity contribution is 5.94. The van der Waals surface area contributed by atoms with Crippen molar-refractivity contribution in [2.45, 2.75) is 26.2 Å². The van der Waals surface area contributed by atoms with Crippen LogP contribution >= 0.6 is 0 Å². The lowest BCUT2D eigenvalue weighted by molar-refractivity contribution is -0.142. The number of likely N-dealkylation sites (N-methyl/N-ethyl adjacent to an activating group) is 1. The number of aromatic nitrogens is 5. The molecule has 1 aliphatic rings. The Labute approximate surface area is 123 Å². The van der Waals surface area contributed by atoms with Gasteiger partial charge in [0.05, 0.1) is 6.54 Å². The maximum Gasteiger partial charge on any atom is 0.408 e. The second kappa shape index (κ2) is 4.82. The summed E-state index contributed by atoms with van der Waals surface area (Å²) in [5.74, 6) is 0.00412. The van der Waals surface area contributed by atoms with Crippen LogP contribution in [-0.4, -0.2) is 55.1 Å². The smallest absolute Gasteiger partial charge is 0.339 e. The minimum atomic E-state index is -4.41. The van der Waals surface area contributed by atoms with Gasteiger partial charge in [0.2, 0.25) is 0 Å². The van der Waals surface area contributed by atoms with Crippen LogP contribution in [0.4, 0.5) is 13.2 Å². The average molecular weight is 314 g/mol. The number of carbonyl (C=O) groups is 1. The van der Waals surface area contributed by atoms with Crippen molar-refractivity contribution in [2.75, 3.05) is 13.6 Å². The Hall–Kier alpha value is -2.39. The molecule has 118 valence electrons. The lowest BCUT2D eigenvalue weighted by Gasteiger charge is -2.22. The predicted molar refractivity (Wildman–Crippen MR) is 69.0 cm³/mol. The van der Waals surface area contributed by atoms with Gasteiger partial charge in [0, 0.05) is 19.7 Å². The first-order valence-corrected chi connectivity index (χ1v) is 6.56. The van der Waals surface area contributed by atoms with E-state index in [0.717, 1.165) is 4.68 Å². The fraction of sp³-hybridized carbons (Fsp3) is 0.500. The summed E-state index contributed by atoms with van der Waals surface area (Å²) in [6, 6.07) is 1.45. The molecule has 1 amide bonds. The highest BCUT2D eigenvalue weighted by atomic mass is 19.4. The summed E-state index contributed by atoms with van der Waals surface area (Å²) in [4.78, 5) is 17.6. The lowest BCUT2D eigenvalue weighted by atomic mass is 10.2. The van der Waals surface area contributed by atoms with Gasteiger partial charge in [-0.3, -0.25) is 9.48 Å². The topological polar surface area (TPSA) is 68.8 Å². The molecule has 0 fully saturated rings. The van der Waals surface area contributed by atoms with Gasteiger partial charge in [-0.15, -0.1) is 0 Å². The molecule has 10 heteroatoms. The molecule has 1 aliphatic heterocycles. The molecule has 2 aromatic rings. The van der Waals surface area contributed by atoms with E-state index in [1.807, 2.05) is 0 Å². The van der Waals surface area contributed by atoms with Gasteiger partial charge in [-0.25, -0.2) is 9.67 Å². The number of alkyl halides is 3. The first kappa shape index (κ1) is 14.5. The quantitative estimate of drug-likeness (QED) is 0.832. The van der Waals surface area contributed by atoms with Crippen LogP contribution in [-0.2, 0) is 13.1 Å². The summed E-state index contributed by atoms with van der Waals surface area (Å²) < 4.78 is 40.1. The molecule has 0 aliphatic carbocycles. The summed E-state index contributed by atoms with van der Waals surface area (Å²) in [5.41, 5.74) is 0.548. The fourth-order valence-electron chi connectivity index (χ4n) is 2.34. The summed E-state index contributed by atoms with van der Waals surface area (Å²) >= 11 is 0. The SMILES string of the molecule is Cc1nc(-c2cc3n(n2)CCN(C)C3=O)n(CC(F)(F)F)n1. The van der Waals surface area contributed by atoms with Gasteiger partial charge < -0.3 is 4.90 Å². The van der Waals surface area contributed by atoms with E-state index in [9.17, 15) is 18.0 Å². The maximum absolute atomic E-state index is 12.6. The molecule has 0 aromatic carbocycles. The zero-order valence-electron chi connectivity index (χ0n) is 11.9. The van der Waals surface area contributed by atoms with Crippen molar-refractivity contribution in [2.24, 2.45) is 0 Å². The number of hydrogen-bond donors (Lipinski definition) is 0. The number of rotatable bonds is 2.